The van der Waals surface area contributed by atoms with Crippen LogP contribution in [0.2, 0.25) is 5.02 Å². The average molecular weight is 371 g/mol. The molecule has 0 aliphatic rings. The van der Waals surface area contributed by atoms with E-state index < -0.39 is 0 Å². The van der Waals surface area contributed by atoms with E-state index in [2.05, 4.69) is 34.8 Å². The third-order valence-electron chi connectivity index (χ3n) is 3.78. The summed E-state index contributed by atoms with van der Waals surface area (Å²) in [7, 11) is 0. The van der Waals surface area contributed by atoms with E-state index in [-0.39, 0.29) is 0 Å². The van der Waals surface area contributed by atoms with Crippen molar-refractivity contribution in [2.75, 3.05) is 10.6 Å². The second-order valence-electron chi connectivity index (χ2n) is 5.65. The Morgan fingerprint density at radius 3 is 2.76 bits per heavy atom. The molecule has 0 amide bonds. The number of rotatable bonds is 5. The smallest absolute Gasteiger partial charge is 0.175 e. The van der Waals surface area contributed by atoms with E-state index in [1.807, 2.05) is 36.4 Å². The van der Waals surface area contributed by atoms with E-state index in [1.165, 1.54) is 5.56 Å². The zero-order valence-electron chi connectivity index (χ0n) is 13.9. The van der Waals surface area contributed by atoms with Gasteiger partial charge in [0, 0.05) is 17.6 Å². The molecule has 0 fully saturated rings. The lowest BCUT2D eigenvalue weighted by molar-refractivity contribution is 0.687. The molecule has 25 heavy (non-hydrogen) atoms. The number of nitrogens with one attached hydrogen (secondary N) is 2. The molecule has 1 heterocycles. The molecule has 3 rings (SSSR count). The van der Waals surface area contributed by atoms with Crippen molar-refractivity contribution in [1.29, 1.82) is 0 Å². The number of halogens is 1. The Kier molecular flexibility index (Phi) is 5.68. The summed E-state index contributed by atoms with van der Waals surface area (Å²) >= 11 is 11.4. The van der Waals surface area contributed by atoms with Crippen LogP contribution in [0, 0.1) is 0 Å². The average Bonchev–Trinajstić information content (AvgIpc) is 3.00. The lowest BCUT2D eigenvalue weighted by atomic mass is 10.1. The number of benzene rings is 2. The van der Waals surface area contributed by atoms with Gasteiger partial charge >= 0.3 is 0 Å². The molecule has 2 aromatic carbocycles. The summed E-state index contributed by atoms with van der Waals surface area (Å²) in [6.45, 7) is 2.78. The quantitative estimate of drug-likeness (QED) is 0.623. The summed E-state index contributed by atoms with van der Waals surface area (Å²) in [5.74, 6) is 0. The monoisotopic (exact) mass is 370 g/mol. The van der Waals surface area contributed by atoms with E-state index in [9.17, 15) is 0 Å². The first-order valence-corrected chi connectivity index (χ1v) is 8.85. The Balaban J connectivity index is 1.66. The van der Waals surface area contributed by atoms with E-state index >= 15 is 0 Å². The van der Waals surface area contributed by atoms with Crippen molar-refractivity contribution in [3.63, 3.8) is 0 Å². The molecule has 4 nitrogen and oxygen atoms in total. The molecule has 1 aromatic heterocycles. The molecule has 0 aliphatic carbocycles. The van der Waals surface area contributed by atoms with Gasteiger partial charge in [0.1, 0.15) is 0 Å². The van der Waals surface area contributed by atoms with Gasteiger partial charge < -0.3 is 10.6 Å². The maximum absolute atomic E-state index is 5.91. The Labute approximate surface area is 157 Å². The predicted molar refractivity (Wildman–Crippen MR) is 108 cm³/mol. The first-order chi connectivity index (χ1) is 12.1. The predicted octanol–water partition coefficient (Wildman–Crippen LogP) is 4.96. The zero-order valence-corrected chi connectivity index (χ0v) is 15.4. The van der Waals surface area contributed by atoms with E-state index in [1.54, 1.807) is 17.1 Å². The summed E-state index contributed by atoms with van der Waals surface area (Å²) in [4.78, 5) is 0. The molecule has 0 spiro atoms. The van der Waals surface area contributed by atoms with E-state index in [0.717, 1.165) is 23.4 Å². The SMILES string of the molecule is CCc1ccccc1NC(=S)Nc1cccc(Cn2cc(Cl)cn2)c1. The van der Waals surface area contributed by atoms with Gasteiger partial charge in [0.15, 0.2) is 5.11 Å². The topological polar surface area (TPSA) is 41.9 Å². The number of aryl methyl sites for hydroxylation is 1. The zero-order chi connectivity index (χ0) is 17.6. The summed E-state index contributed by atoms with van der Waals surface area (Å²) in [5.41, 5.74) is 4.31. The number of hydrogen-bond acceptors (Lipinski definition) is 2. The molecule has 3 aromatic rings. The van der Waals surface area contributed by atoms with Gasteiger partial charge in [-0.1, -0.05) is 48.9 Å². The van der Waals surface area contributed by atoms with Crippen LogP contribution in [0.25, 0.3) is 0 Å². The summed E-state index contributed by atoms with van der Waals surface area (Å²) in [6, 6.07) is 16.2. The fraction of sp³-hybridized carbons (Fsp3) is 0.158. The van der Waals surface area contributed by atoms with Crippen LogP contribution in [0.5, 0.6) is 0 Å². The summed E-state index contributed by atoms with van der Waals surface area (Å²) < 4.78 is 1.80. The number of aromatic nitrogens is 2. The molecular weight excluding hydrogens is 352 g/mol. The van der Waals surface area contributed by atoms with Crippen LogP contribution in [0.3, 0.4) is 0 Å². The maximum Gasteiger partial charge on any atom is 0.175 e. The largest absolute Gasteiger partial charge is 0.332 e. The van der Waals surface area contributed by atoms with Gasteiger partial charge in [0.05, 0.1) is 17.8 Å². The van der Waals surface area contributed by atoms with Crippen LogP contribution in [-0.2, 0) is 13.0 Å². The first-order valence-electron chi connectivity index (χ1n) is 8.07. The van der Waals surface area contributed by atoms with Crippen molar-refractivity contribution in [3.05, 3.63) is 77.1 Å². The van der Waals surface area contributed by atoms with Crippen LogP contribution in [-0.4, -0.2) is 14.9 Å². The fourth-order valence-corrected chi connectivity index (χ4v) is 2.98. The molecule has 0 atom stereocenters. The van der Waals surface area contributed by atoms with Gasteiger partial charge in [-0.15, -0.1) is 0 Å². The third kappa shape index (κ3) is 4.81. The van der Waals surface area contributed by atoms with Crippen LogP contribution < -0.4 is 10.6 Å². The highest BCUT2D eigenvalue weighted by Crippen LogP contribution is 2.17. The summed E-state index contributed by atoms with van der Waals surface area (Å²) in [5, 5.41) is 11.9. The molecule has 128 valence electrons. The molecular formula is C19H19ClN4S. The standard InChI is InChI=1S/C19H19ClN4S/c1-2-15-7-3-4-9-18(15)23-19(25)22-17-8-5-6-14(10-17)12-24-13-16(20)11-21-24/h3-11,13H,2,12H2,1H3,(H2,22,23,25). The number of anilines is 2. The van der Waals surface area contributed by atoms with Crippen molar-refractivity contribution in [3.8, 4) is 0 Å². The summed E-state index contributed by atoms with van der Waals surface area (Å²) in [6.07, 6.45) is 4.39. The number of thiocarbonyl (C=S) groups is 1. The molecule has 0 aliphatic heterocycles. The number of para-hydroxylation sites is 1. The van der Waals surface area contributed by atoms with Crippen LogP contribution >= 0.6 is 23.8 Å². The van der Waals surface area contributed by atoms with E-state index in [0.29, 0.717) is 16.7 Å². The van der Waals surface area contributed by atoms with Crippen molar-refractivity contribution >= 4 is 40.3 Å². The second kappa shape index (κ2) is 8.14. The molecule has 0 radical (unpaired) electrons. The number of hydrogen-bond donors (Lipinski definition) is 2. The lowest BCUT2D eigenvalue weighted by Crippen LogP contribution is -2.20. The first kappa shape index (κ1) is 17.5. The Morgan fingerprint density at radius 1 is 1.16 bits per heavy atom. The molecule has 0 bridgehead atoms. The minimum atomic E-state index is 0.570. The van der Waals surface area contributed by atoms with Gasteiger partial charge in [-0.3, -0.25) is 4.68 Å². The molecule has 0 saturated heterocycles. The van der Waals surface area contributed by atoms with Crippen LogP contribution in [0.4, 0.5) is 11.4 Å². The Hall–Kier alpha value is -2.37. The van der Waals surface area contributed by atoms with E-state index in [4.69, 9.17) is 23.8 Å². The number of nitrogens with zero attached hydrogens (tertiary/aromatic N) is 2. The van der Waals surface area contributed by atoms with Crippen molar-refractivity contribution in [2.45, 2.75) is 19.9 Å². The van der Waals surface area contributed by atoms with Gasteiger partial charge in [0.25, 0.3) is 0 Å². The Bertz CT molecular complexity index is 875. The minimum absolute atomic E-state index is 0.570. The van der Waals surface area contributed by atoms with Gasteiger partial charge in [-0.2, -0.15) is 5.10 Å². The highest BCUT2D eigenvalue weighted by molar-refractivity contribution is 7.80. The van der Waals surface area contributed by atoms with Crippen LogP contribution in [0.1, 0.15) is 18.1 Å². The second-order valence-corrected chi connectivity index (χ2v) is 6.49. The van der Waals surface area contributed by atoms with Crippen molar-refractivity contribution < 1.29 is 0 Å². The van der Waals surface area contributed by atoms with Gasteiger partial charge in [-0.05, 0) is 48.0 Å². The maximum atomic E-state index is 5.91. The van der Waals surface area contributed by atoms with Crippen LogP contribution in [0.15, 0.2) is 60.9 Å². The molecule has 0 saturated carbocycles. The lowest BCUT2D eigenvalue weighted by Gasteiger charge is -2.14. The third-order valence-corrected chi connectivity index (χ3v) is 4.18. The fourth-order valence-electron chi connectivity index (χ4n) is 2.59. The molecule has 0 unspecified atom stereocenters. The highest BCUT2D eigenvalue weighted by Gasteiger charge is 2.04. The van der Waals surface area contributed by atoms with Gasteiger partial charge in [0.2, 0.25) is 0 Å². The highest BCUT2D eigenvalue weighted by atomic mass is 35.5. The van der Waals surface area contributed by atoms with Crippen molar-refractivity contribution in [2.24, 2.45) is 0 Å². The molecule has 2 N–H and O–H groups in total. The Morgan fingerprint density at radius 2 is 2.00 bits per heavy atom. The van der Waals surface area contributed by atoms with Gasteiger partial charge in [-0.25, -0.2) is 0 Å². The normalized spacial score (nSPS) is 10.5. The van der Waals surface area contributed by atoms with Crippen molar-refractivity contribution in [1.82, 2.24) is 9.78 Å². The molecule has 6 heteroatoms. The minimum Gasteiger partial charge on any atom is -0.332 e.